The van der Waals surface area contributed by atoms with E-state index in [1.807, 2.05) is 0 Å². The molecule has 0 saturated carbocycles. The predicted octanol–water partition coefficient (Wildman–Crippen LogP) is 5.64. The molecule has 0 aromatic heterocycles. The normalized spacial score (nSPS) is 14.3. The van der Waals surface area contributed by atoms with Gasteiger partial charge in [0.25, 0.3) is 0 Å². The highest BCUT2D eigenvalue weighted by atomic mass is 32.2. The van der Waals surface area contributed by atoms with Gasteiger partial charge in [0, 0.05) is 6.42 Å². The lowest BCUT2D eigenvalue weighted by molar-refractivity contribution is -0.921. The molecule has 0 bridgehead atoms. The van der Waals surface area contributed by atoms with Gasteiger partial charge in [0.2, 0.25) is 0 Å². The fourth-order valence-corrected chi connectivity index (χ4v) is 3.28. The maximum absolute atomic E-state index is 12.9. The van der Waals surface area contributed by atoms with E-state index in [2.05, 4.69) is 27.7 Å². The summed E-state index contributed by atoms with van der Waals surface area (Å²) < 4.78 is 105. The van der Waals surface area contributed by atoms with Gasteiger partial charge in [-0.25, -0.2) is 12.8 Å². The lowest BCUT2D eigenvalue weighted by atomic mass is 10.1. The predicted molar refractivity (Wildman–Crippen MR) is 100 cm³/mol. The molecule has 0 fully saturated rings. The van der Waals surface area contributed by atoms with Gasteiger partial charge in [-0.1, -0.05) is 25.7 Å². The zero-order valence-electron chi connectivity index (χ0n) is 17.7. The van der Waals surface area contributed by atoms with Crippen LogP contribution in [0.3, 0.4) is 0 Å². The molecule has 4 nitrogen and oxygen atoms in total. The van der Waals surface area contributed by atoms with Gasteiger partial charge in [-0.05, 0) is 40.5 Å². The van der Waals surface area contributed by atoms with Gasteiger partial charge in [0.1, 0.15) is 0 Å². The first-order valence-electron chi connectivity index (χ1n) is 10.0. The molecule has 0 aromatic carbocycles. The topological polar surface area (TPSA) is 57.2 Å². The first kappa shape index (κ1) is 30.6. The van der Waals surface area contributed by atoms with E-state index in [1.54, 1.807) is 0 Å². The summed E-state index contributed by atoms with van der Waals surface area (Å²) in [6.07, 6.45) is -8.64. The molecule has 0 aliphatic carbocycles. The number of quaternary nitrogens is 1. The van der Waals surface area contributed by atoms with Gasteiger partial charge in [0.15, 0.2) is 16.3 Å². The third kappa shape index (κ3) is 12.7. The third-order valence-corrected chi connectivity index (χ3v) is 6.22. The Kier molecular flexibility index (Phi) is 14.5. The number of halogens is 6. The van der Waals surface area contributed by atoms with Crippen LogP contribution in [0.2, 0.25) is 0 Å². The average molecular weight is 460 g/mol. The second-order valence-corrected chi connectivity index (χ2v) is 8.46. The zero-order chi connectivity index (χ0) is 23.4. The molecule has 0 radical (unpaired) electrons. The highest BCUT2D eigenvalue weighted by Gasteiger charge is 2.46. The van der Waals surface area contributed by atoms with Crippen molar-refractivity contribution in [2.75, 3.05) is 26.2 Å². The summed E-state index contributed by atoms with van der Waals surface area (Å²) in [5, 5.41) is -4.97. The van der Waals surface area contributed by atoms with Crippen molar-refractivity contribution in [3.8, 4) is 0 Å². The minimum absolute atomic E-state index is 0.104. The molecule has 0 heterocycles. The molecule has 0 aromatic rings. The van der Waals surface area contributed by atoms with Crippen molar-refractivity contribution in [1.29, 1.82) is 0 Å². The van der Waals surface area contributed by atoms with Gasteiger partial charge in [-0.15, -0.1) is 0 Å². The maximum atomic E-state index is 12.9. The van der Waals surface area contributed by atoms with Crippen LogP contribution in [0, 0.1) is 0 Å². The molecule has 0 saturated heterocycles. The Labute approximate surface area is 171 Å². The molecule has 11 heteroatoms. The van der Waals surface area contributed by atoms with E-state index in [4.69, 9.17) is 0 Å². The minimum Gasteiger partial charge on any atom is -0.743 e. The molecule has 29 heavy (non-hydrogen) atoms. The van der Waals surface area contributed by atoms with Gasteiger partial charge >= 0.3 is 11.4 Å². The second kappa shape index (κ2) is 13.7. The van der Waals surface area contributed by atoms with Crippen molar-refractivity contribution < 1.29 is 43.8 Å². The molecule has 0 rings (SSSR count). The Morgan fingerprint density at radius 2 is 1.17 bits per heavy atom. The highest BCUT2D eigenvalue weighted by Crippen LogP contribution is 2.30. The highest BCUT2D eigenvalue weighted by molar-refractivity contribution is 7.86. The Bertz CT molecular complexity index is 505. The molecule has 0 aliphatic rings. The number of hydrogen-bond donors (Lipinski definition) is 0. The largest absolute Gasteiger partial charge is 0.743 e. The Morgan fingerprint density at radius 3 is 1.48 bits per heavy atom. The summed E-state index contributed by atoms with van der Waals surface area (Å²) in [6.45, 7) is 14.2. The van der Waals surface area contributed by atoms with E-state index in [0.29, 0.717) is 6.42 Å². The Hall–Kier alpha value is -0.550. The van der Waals surface area contributed by atoms with Gasteiger partial charge in [-0.2, -0.15) is 22.0 Å². The molecule has 0 aliphatic heterocycles. The van der Waals surface area contributed by atoms with Crippen LogP contribution < -0.4 is 0 Å². The molecule has 0 amide bonds. The second-order valence-electron chi connectivity index (χ2n) is 7.01. The maximum Gasteiger partial charge on any atom is 0.389 e. The number of alkyl halides is 6. The van der Waals surface area contributed by atoms with E-state index in [1.165, 1.54) is 30.7 Å². The summed E-state index contributed by atoms with van der Waals surface area (Å²) in [5.41, 5.74) is 0. The van der Waals surface area contributed by atoms with Crippen LogP contribution in [0.5, 0.6) is 0 Å². The first-order valence-corrected chi connectivity index (χ1v) is 11.4. The summed E-state index contributed by atoms with van der Waals surface area (Å²) in [6, 6.07) is 0. The number of rotatable bonds is 13. The number of nitrogens with zero attached hydrogens (tertiary/aromatic N) is 1. The van der Waals surface area contributed by atoms with Crippen LogP contribution in [0.1, 0.15) is 72.6 Å². The van der Waals surface area contributed by atoms with Crippen LogP contribution in [-0.4, -0.2) is 61.2 Å². The van der Waals surface area contributed by atoms with Crippen molar-refractivity contribution in [2.24, 2.45) is 0 Å². The number of unbranched alkanes of at least 4 members (excludes halogenated alkanes) is 4. The van der Waals surface area contributed by atoms with E-state index in [-0.39, 0.29) is 25.7 Å². The lowest BCUT2D eigenvalue weighted by Gasteiger charge is -2.34. The average Bonchev–Trinajstić information content (AvgIpc) is 2.62. The SMILES string of the molecule is CC[N+](CC)(CC)CC.O=S(=O)([O-])C(F)(F)C(F)CCCCCCCC(F)(F)F. The lowest BCUT2D eigenvalue weighted by Crippen LogP contribution is -2.47. The molecule has 1 unspecified atom stereocenters. The Morgan fingerprint density at radius 1 is 0.793 bits per heavy atom. The van der Waals surface area contributed by atoms with E-state index < -0.39 is 40.6 Å². The van der Waals surface area contributed by atoms with E-state index in [0.717, 1.165) is 0 Å². The van der Waals surface area contributed by atoms with Crippen molar-refractivity contribution >= 4 is 10.1 Å². The summed E-state index contributed by atoms with van der Waals surface area (Å²) in [5.74, 6) is 0. The molecule has 178 valence electrons. The summed E-state index contributed by atoms with van der Waals surface area (Å²) in [7, 11) is -6.05. The van der Waals surface area contributed by atoms with Gasteiger partial charge < -0.3 is 9.04 Å². The molecular formula is C18H35F6NO3S. The van der Waals surface area contributed by atoms with E-state index in [9.17, 15) is 39.3 Å². The van der Waals surface area contributed by atoms with Gasteiger partial charge in [-0.3, -0.25) is 0 Å². The standard InChI is InChI=1S/C10H16F6O3S.C8H20N/c11-8(10(15,16)20(17,18)19)6-4-2-1-3-5-7-9(12,13)14;1-5-9(6-2,7-3)8-4/h8H,1-7H2,(H,17,18,19);5-8H2,1-4H3/q;+1/p-1. The molecule has 1 atom stereocenters. The van der Waals surface area contributed by atoms with Crippen molar-refractivity contribution in [1.82, 2.24) is 0 Å². The fraction of sp³-hybridized carbons (Fsp3) is 1.00. The smallest absolute Gasteiger partial charge is 0.389 e. The fourth-order valence-electron chi connectivity index (χ4n) is 2.85. The summed E-state index contributed by atoms with van der Waals surface area (Å²) in [4.78, 5) is 0. The van der Waals surface area contributed by atoms with Crippen LogP contribution in [-0.2, 0) is 10.1 Å². The van der Waals surface area contributed by atoms with Crippen LogP contribution in [0.15, 0.2) is 0 Å². The summed E-state index contributed by atoms with van der Waals surface area (Å²) >= 11 is 0. The van der Waals surface area contributed by atoms with Crippen molar-refractivity contribution in [3.05, 3.63) is 0 Å². The third-order valence-electron chi connectivity index (χ3n) is 5.30. The van der Waals surface area contributed by atoms with Crippen molar-refractivity contribution in [3.63, 3.8) is 0 Å². The van der Waals surface area contributed by atoms with Gasteiger partial charge in [0.05, 0.1) is 26.2 Å². The monoisotopic (exact) mass is 459 g/mol. The zero-order valence-corrected chi connectivity index (χ0v) is 18.5. The van der Waals surface area contributed by atoms with Crippen LogP contribution in [0.25, 0.3) is 0 Å². The first-order chi connectivity index (χ1) is 13.1. The quantitative estimate of drug-likeness (QED) is 0.155. The van der Waals surface area contributed by atoms with Crippen LogP contribution in [0.4, 0.5) is 26.3 Å². The minimum atomic E-state index is -6.05. The molecule has 0 spiro atoms. The molecular weight excluding hydrogens is 424 g/mol. The number of hydrogen-bond acceptors (Lipinski definition) is 3. The van der Waals surface area contributed by atoms with E-state index >= 15 is 0 Å². The van der Waals surface area contributed by atoms with Crippen LogP contribution >= 0.6 is 0 Å². The van der Waals surface area contributed by atoms with Crippen molar-refractivity contribution in [2.45, 2.75) is 90.2 Å². The Balaban J connectivity index is 0. The molecule has 0 N–H and O–H groups in total.